The SMILES string of the molecule is CN(C)CCNC(=O)c1cnc(Nc2cccc(Br)c2)cn1. The van der Waals surface area contributed by atoms with E-state index in [1.807, 2.05) is 43.3 Å². The fourth-order valence-corrected chi connectivity index (χ4v) is 2.11. The molecule has 116 valence electrons. The van der Waals surface area contributed by atoms with Crippen molar-refractivity contribution in [2.75, 3.05) is 32.5 Å². The fourth-order valence-electron chi connectivity index (χ4n) is 1.71. The Morgan fingerprint density at radius 2 is 2.09 bits per heavy atom. The van der Waals surface area contributed by atoms with Gasteiger partial charge in [0.05, 0.1) is 12.4 Å². The van der Waals surface area contributed by atoms with Crippen molar-refractivity contribution in [3.63, 3.8) is 0 Å². The molecule has 2 aromatic rings. The van der Waals surface area contributed by atoms with Gasteiger partial charge in [-0.1, -0.05) is 22.0 Å². The first kappa shape index (κ1) is 16.4. The zero-order chi connectivity index (χ0) is 15.9. The summed E-state index contributed by atoms with van der Waals surface area (Å²) in [5, 5.41) is 5.92. The molecular formula is C15H18BrN5O. The Labute approximate surface area is 138 Å². The third-order valence-electron chi connectivity index (χ3n) is 2.83. The second-order valence-corrected chi connectivity index (χ2v) is 5.90. The van der Waals surface area contributed by atoms with Crippen LogP contribution in [0, 0.1) is 0 Å². The summed E-state index contributed by atoms with van der Waals surface area (Å²) in [6, 6.07) is 7.72. The molecule has 1 aromatic carbocycles. The molecule has 1 aromatic heterocycles. The molecule has 0 aliphatic heterocycles. The van der Waals surface area contributed by atoms with Gasteiger partial charge in [-0.3, -0.25) is 4.79 Å². The highest BCUT2D eigenvalue weighted by Gasteiger charge is 2.07. The third kappa shape index (κ3) is 5.09. The first-order chi connectivity index (χ1) is 10.5. The van der Waals surface area contributed by atoms with Gasteiger partial charge in [-0.25, -0.2) is 9.97 Å². The molecule has 2 N–H and O–H groups in total. The van der Waals surface area contributed by atoms with E-state index in [4.69, 9.17) is 0 Å². The van der Waals surface area contributed by atoms with Gasteiger partial charge in [-0.2, -0.15) is 0 Å². The van der Waals surface area contributed by atoms with E-state index in [9.17, 15) is 4.79 Å². The van der Waals surface area contributed by atoms with Gasteiger partial charge in [-0.15, -0.1) is 0 Å². The summed E-state index contributed by atoms with van der Waals surface area (Å²) in [4.78, 5) is 22.2. The second kappa shape index (κ2) is 7.86. The Bertz CT molecular complexity index is 630. The van der Waals surface area contributed by atoms with Crippen LogP contribution in [-0.4, -0.2) is 48.0 Å². The zero-order valence-electron chi connectivity index (χ0n) is 12.5. The van der Waals surface area contributed by atoms with Crippen LogP contribution in [0.1, 0.15) is 10.5 Å². The van der Waals surface area contributed by atoms with Crippen molar-refractivity contribution in [1.29, 1.82) is 0 Å². The van der Waals surface area contributed by atoms with Crippen LogP contribution in [0.15, 0.2) is 41.1 Å². The van der Waals surface area contributed by atoms with E-state index in [0.29, 0.717) is 18.1 Å². The van der Waals surface area contributed by atoms with Gasteiger partial charge in [0, 0.05) is 23.2 Å². The highest BCUT2D eigenvalue weighted by molar-refractivity contribution is 9.10. The summed E-state index contributed by atoms with van der Waals surface area (Å²) in [5.41, 5.74) is 1.20. The van der Waals surface area contributed by atoms with Gasteiger partial charge in [0.25, 0.3) is 5.91 Å². The van der Waals surface area contributed by atoms with E-state index in [1.165, 1.54) is 6.20 Å². The van der Waals surface area contributed by atoms with Gasteiger partial charge >= 0.3 is 0 Å². The normalized spacial score (nSPS) is 10.5. The number of anilines is 2. The van der Waals surface area contributed by atoms with Crippen LogP contribution in [0.2, 0.25) is 0 Å². The summed E-state index contributed by atoms with van der Waals surface area (Å²) >= 11 is 3.41. The number of nitrogens with one attached hydrogen (secondary N) is 2. The number of aromatic nitrogens is 2. The fraction of sp³-hybridized carbons (Fsp3) is 0.267. The van der Waals surface area contributed by atoms with Crippen molar-refractivity contribution < 1.29 is 4.79 Å². The smallest absolute Gasteiger partial charge is 0.271 e. The number of benzene rings is 1. The van der Waals surface area contributed by atoms with E-state index in [0.717, 1.165) is 16.7 Å². The molecule has 1 heterocycles. The first-order valence-electron chi connectivity index (χ1n) is 6.82. The van der Waals surface area contributed by atoms with E-state index < -0.39 is 0 Å². The highest BCUT2D eigenvalue weighted by atomic mass is 79.9. The predicted molar refractivity (Wildman–Crippen MR) is 90.3 cm³/mol. The maximum absolute atomic E-state index is 11.9. The van der Waals surface area contributed by atoms with Gasteiger partial charge in [0.1, 0.15) is 11.5 Å². The Morgan fingerprint density at radius 1 is 1.27 bits per heavy atom. The lowest BCUT2D eigenvalue weighted by Gasteiger charge is -2.10. The Hall–Kier alpha value is -1.99. The summed E-state index contributed by atoms with van der Waals surface area (Å²) in [6.07, 6.45) is 3.01. The number of halogens is 1. The van der Waals surface area contributed by atoms with Crippen molar-refractivity contribution in [3.05, 3.63) is 46.8 Å². The molecule has 0 fully saturated rings. The van der Waals surface area contributed by atoms with Gasteiger partial charge in [-0.05, 0) is 32.3 Å². The van der Waals surface area contributed by atoms with Crippen LogP contribution in [0.5, 0.6) is 0 Å². The monoisotopic (exact) mass is 363 g/mol. The maximum Gasteiger partial charge on any atom is 0.271 e. The average molecular weight is 364 g/mol. The van der Waals surface area contributed by atoms with E-state index in [1.54, 1.807) is 6.20 Å². The Morgan fingerprint density at radius 3 is 2.73 bits per heavy atom. The number of carbonyl (C=O) groups is 1. The second-order valence-electron chi connectivity index (χ2n) is 4.98. The summed E-state index contributed by atoms with van der Waals surface area (Å²) < 4.78 is 0.974. The standard InChI is InChI=1S/C15H18BrN5O/c1-21(2)7-6-17-15(22)13-9-19-14(10-18-13)20-12-5-3-4-11(16)8-12/h3-5,8-10H,6-7H2,1-2H3,(H,17,22)(H,19,20). The van der Waals surface area contributed by atoms with E-state index in [-0.39, 0.29) is 5.91 Å². The molecule has 0 bridgehead atoms. The van der Waals surface area contributed by atoms with Crippen LogP contribution in [0.4, 0.5) is 11.5 Å². The molecule has 0 saturated carbocycles. The molecule has 6 nitrogen and oxygen atoms in total. The lowest BCUT2D eigenvalue weighted by Crippen LogP contribution is -2.31. The molecule has 22 heavy (non-hydrogen) atoms. The topological polar surface area (TPSA) is 70.2 Å². The number of likely N-dealkylation sites (N-methyl/N-ethyl adjacent to an activating group) is 1. The molecule has 2 rings (SSSR count). The van der Waals surface area contributed by atoms with Crippen LogP contribution in [0.3, 0.4) is 0 Å². The number of nitrogens with zero attached hydrogens (tertiary/aromatic N) is 3. The van der Waals surface area contributed by atoms with Crippen molar-refractivity contribution >= 4 is 33.3 Å². The summed E-state index contributed by atoms with van der Waals surface area (Å²) in [5.74, 6) is 0.367. The number of rotatable bonds is 6. The van der Waals surface area contributed by atoms with Crippen molar-refractivity contribution in [3.8, 4) is 0 Å². The minimum absolute atomic E-state index is 0.219. The van der Waals surface area contributed by atoms with Crippen LogP contribution < -0.4 is 10.6 Å². The third-order valence-corrected chi connectivity index (χ3v) is 3.32. The molecule has 0 spiro atoms. The zero-order valence-corrected chi connectivity index (χ0v) is 14.1. The van der Waals surface area contributed by atoms with Crippen LogP contribution in [-0.2, 0) is 0 Å². The maximum atomic E-state index is 11.9. The molecule has 0 atom stereocenters. The largest absolute Gasteiger partial charge is 0.349 e. The van der Waals surface area contributed by atoms with Gasteiger partial charge in [0.2, 0.25) is 0 Å². The Balaban J connectivity index is 1.93. The first-order valence-corrected chi connectivity index (χ1v) is 7.61. The Kier molecular flexibility index (Phi) is 5.85. The minimum Gasteiger partial charge on any atom is -0.349 e. The van der Waals surface area contributed by atoms with E-state index >= 15 is 0 Å². The quantitative estimate of drug-likeness (QED) is 0.823. The molecule has 0 saturated heterocycles. The molecule has 0 unspecified atom stereocenters. The van der Waals surface area contributed by atoms with Crippen LogP contribution in [0.25, 0.3) is 0 Å². The molecular weight excluding hydrogens is 346 g/mol. The lowest BCUT2D eigenvalue weighted by molar-refractivity contribution is 0.0945. The molecule has 0 aliphatic rings. The highest BCUT2D eigenvalue weighted by Crippen LogP contribution is 2.18. The van der Waals surface area contributed by atoms with E-state index in [2.05, 4.69) is 36.5 Å². The molecule has 0 aliphatic carbocycles. The number of carbonyl (C=O) groups excluding carboxylic acids is 1. The van der Waals surface area contributed by atoms with Crippen molar-refractivity contribution in [2.45, 2.75) is 0 Å². The minimum atomic E-state index is -0.219. The van der Waals surface area contributed by atoms with Crippen molar-refractivity contribution in [1.82, 2.24) is 20.2 Å². The van der Waals surface area contributed by atoms with Gasteiger partial charge in [0.15, 0.2) is 0 Å². The lowest BCUT2D eigenvalue weighted by atomic mass is 10.3. The predicted octanol–water partition coefficient (Wildman–Crippen LogP) is 2.27. The van der Waals surface area contributed by atoms with Crippen molar-refractivity contribution in [2.24, 2.45) is 0 Å². The number of hydrogen-bond acceptors (Lipinski definition) is 5. The van der Waals surface area contributed by atoms with Crippen LogP contribution >= 0.6 is 15.9 Å². The number of amides is 1. The van der Waals surface area contributed by atoms with Gasteiger partial charge < -0.3 is 15.5 Å². The summed E-state index contributed by atoms with van der Waals surface area (Å²) in [7, 11) is 3.91. The average Bonchev–Trinajstić information content (AvgIpc) is 2.47. The molecule has 0 radical (unpaired) electrons. The number of hydrogen-bond donors (Lipinski definition) is 2. The summed E-state index contributed by atoms with van der Waals surface area (Å²) in [6.45, 7) is 1.35. The molecule has 7 heteroatoms. The molecule has 1 amide bonds.